The summed E-state index contributed by atoms with van der Waals surface area (Å²) >= 11 is 1.33. The molecule has 0 bridgehead atoms. The number of carbonyl (C=O) groups is 2. The van der Waals surface area contributed by atoms with Crippen LogP contribution in [-0.4, -0.2) is 33.5 Å². The lowest BCUT2D eigenvalue weighted by Crippen LogP contribution is -2.26. The number of hydrogen-bond donors (Lipinski definition) is 1. The van der Waals surface area contributed by atoms with Gasteiger partial charge in [0.05, 0.1) is 4.88 Å². The predicted octanol–water partition coefficient (Wildman–Crippen LogP) is 3.15. The molecule has 6 nitrogen and oxygen atoms in total. The monoisotopic (exact) mass is 372 g/mol. The van der Waals surface area contributed by atoms with E-state index in [9.17, 15) is 14.0 Å². The molecule has 26 heavy (non-hydrogen) atoms. The minimum atomic E-state index is -0.347. The van der Waals surface area contributed by atoms with Crippen molar-refractivity contribution in [3.63, 3.8) is 0 Å². The molecule has 8 heteroatoms. The van der Waals surface area contributed by atoms with Gasteiger partial charge in [0.2, 0.25) is 0 Å². The second-order valence-corrected chi connectivity index (χ2v) is 6.71. The lowest BCUT2D eigenvalue weighted by atomic mass is 10.2. The van der Waals surface area contributed by atoms with Crippen LogP contribution in [0.1, 0.15) is 25.7 Å². The van der Waals surface area contributed by atoms with E-state index in [2.05, 4.69) is 10.4 Å². The first-order valence-electron chi connectivity index (χ1n) is 7.83. The molecule has 134 valence electrons. The average molecular weight is 372 g/mol. The third-order valence-electron chi connectivity index (χ3n) is 3.74. The largest absolute Gasteiger partial charge is 0.336 e. The maximum Gasteiger partial charge on any atom is 0.274 e. The van der Waals surface area contributed by atoms with Crippen molar-refractivity contribution in [3.05, 3.63) is 69.8 Å². The number of benzene rings is 1. The zero-order valence-corrected chi connectivity index (χ0v) is 15.1. The van der Waals surface area contributed by atoms with Crippen LogP contribution in [0.2, 0.25) is 0 Å². The van der Waals surface area contributed by atoms with Crippen LogP contribution in [0.25, 0.3) is 0 Å². The van der Waals surface area contributed by atoms with Crippen molar-refractivity contribution < 1.29 is 14.0 Å². The van der Waals surface area contributed by atoms with Gasteiger partial charge in [0.1, 0.15) is 11.6 Å². The van der Waals surface area contributed by atoms with Gasteiger partial charge in [-0.3, -0.25) is 14.3 Å². The molecule has 2 amide bonds. The van der Waals surface area contributed by atoms with Crippen LogP contribution in [0.3, 0.4) is 0 Å². The molecule has 1 N–H and O–H groups in total. The zero-order chi connectivity index (χ0) is 18.7. The molecule has 0 aliphatic carbocycles. The molecule has 1 aromatic carbocycles. The Labute approximate surface area is 153 Å². The first-order chi connectivity index (χ1) is 12.4. The number of aryl methyl sites for hydroxylation is 1. The molecule has 3 rings (SSSR count). The first kappa shape index (κ1) is 17.8. The van der Waals surface area contributed by atoms with Crippen LogP contribution >= 0.6 is 11.3 Å². The Morgan fingerprint density at radius 2 is 2.08 bits per heavy atom. The van der Waals surface area contributed by atoms with E-state index in [-0.39, 0.29) is 29.9 Å². The van der Waals surface area contributed by atoms with Crippen molar-refractivity contribution in [2.45, 2.75) is 6.54 Å². The summed E-state index contributed by atoms with van der Waals surface area (Å²) < 4.78 is 14.7. The molecule has 0 saturated heterocycles. The number of anilines is 1. The fourth-order valence-corrected chi connectivity index (χ4v) is 3.07. The van der Waals surface area contributed by atoms with Crippen LogP contribution in [0.5, 0.6) is 0 Å². The zero-order valence-electron chi connectivity index (χ0n) is 14.3. The summed E-state index contributed by atoms with van der Waals surface area (Å²) in [5.41, 5.74) is 0.885. The Kier molecular flexibility index (Phi) is 5.13. The Morgan fingerprint density at radius 1 is 1.27 bits per heavy atom. The van der Waals surface area contributed by atoms with Crippen LogP contribution in [-0.2, 0) is 13.6 Å². The highest BCUT2D eigenvalue weighted by molar-refractivity contribution is 7.12. The number of rotatable bonds is 5. The summed E-state index contributed by atoms with van der Waals surface area (Å²) in [6, 6.07) is 11.1. The Hall–Kier alpha value is -3.00. The molecule has 0 aliphatic heterocycles. The van der Waals surface area contributed by atoms with Crippen LogP contribution in [0.15, 0.2) is 47.8 Å². The summed E-state index contributed by atoms with van der Waals surface area (Å²) in [4.78, 5) is 26.7. The Bertz CT molecular complexity index is 937. The maximum atomic E-state index is 13.3. The molecule has 0 radical (unpaired) electrons. The summed E-state index contributed by atoms with van der Waals surface area (Å²) in [7, 11) is 3.26. The number of thiophene rings is 1. The topological polar surface area (TPSA) is 67.2 Å². The molecule has 0 spiro atoms. The average Bonchev–Trinajstić information content (AvgIpc) is 3.25. The summed E-state index contributed by atoms with van der Waals surface area (Å²) in [6.07, 6.45) is 0. The van der Waals surface area contributed by atoms with Gasteiger partial charge >= 0.3 is 0 Å². The first-order valence-corrected chi connectivity index (χ1v) is 8.71. The van der Waals surface area contributed by atoms with Crippen LogP contribution in [0, 0.1) is 5.82 Å². The molecule has 0 unspecified atom stereocenters. The van der Waals surface area contributed by atoms with Gasteiger partial charge in [0.25, 0.3) is 11.8 Å². The lowest BCUT2D eigenvalue weighted by Gasteiger charge is -2.15. The van der Waals surface area contributed by atoms with E-state index in [1.807, 2.05) is 5.38 Å². The molecule has 0 fully saturated rings. The van der Waals surface area contributed by atoms with Gasteiger partial charge in [-0.05, 0) is 29.1 Å². The Morgan fingerprint density at radius 3 is 2.77 bits per heavy atom. The van der Waals surface area contributed by atoms with Crippen LogP contribution in [0.4, 0.5) is 10.2 Å². The highest BCUT2D eigenvalue weighted by Crippen LogP contribution is 2.16. The van der Waals surface area contributed by atoms with Crippen molar-refractivity contribution >= 4 is 29.0 Å². The van der Waals surface area contributed by atoms with Crippen molar-refractivity contribution in [1.82, 2.24) is 14.7 Å². The number of nitrogens with zero attached hydrogens (tertiary/aromatic N) is 3. The molecule has 3 aromatic rings. The van der Waals surface area contributed by atoms with E-state index in [0.717, 1.165) is 0 Å². The number of carbonyl (C=O) groups excluding carboxylic acids is 2. The third kappa shape index (κ3) is 3.97. The number of aromatic nitrogens is 2. The minimum absolute atomic E-state index is 0.202. The van der Waals surface area contributed by atoms with Crippen molar-refractivity contribution in [2.75, 3.05) is 12.4 Å². The van der Waals surface area contributed by atoms with Crippen molar-refractivity contribution in [1.29, 1.82) is 0 Å². The number of halogens is 1. The van der Waals surface area contributed by atoms with Gasteiger partial charge in [-0.1, -0.05) is 18.2 Å². The fourth-order valence-electron chi connectivity index (χ4n) is 2.45. The second-order valence-electron chi connectivity index (χ2n) is 5.76. The normalized spacial score (nSPS) is 10.6. The molecule has 2 heterocycles. The Balaban J connectivity index is 1.71. The van der Waals surface area contributed by atoms with E-state index in [4.69, 9.17) is 0 Å². The lowest BCUT2D eigenvalue weighted by molar-refractivity contribution is 0.0778. The number of hydrogen-bond acceptors (Lipinski definition) is 4. The van der Waals surface area contributed by atoms with E-state index >= 15 is 0 Å². The number of nitrogens with one attached hydrogen (secondary N) is 1. The van der Waals surface area contributed by atoms with E-state index in [0.29, 0.717) is 16.3 Å². The van der Waals surface area contributed by atoms with E-state index < -0.39 is 0 Å². The van der Waals surface area contributed by atoms with Crippen LogP contribution < -0.4 is 5.32 Å². The van der Waals surface area contributed by atoms with Gasteiger partial charge in [0.15, 0.2) is 5.69 Å². The molecule has 2 aromatic heterocycles. The molecule has 0 atom stereocenters. The molecule has 0 saturated carbocycles. The summed E-state index contributed by atoms with van der Waals surface area (Å²) in [5, 5.41) is 8.71. The second kappa shape index (κ2) is 7.49. The molecular weight excluding hydrogens is 355 g/mol. The van der Waals surface area contributed by atoms with Gasteiger partial charge in [0, 0.05) is 26.7 Å². The quantitative estimate of drug-likeness (QED) is 0.748. The number of amides is 2. The highest BCUT2D eigenvalue weighted by Gasteiger charge is 2.19. The third-order valence-corrected chi connectivity index (χ3v) is 4.61. The summed E-state index contributed by atoms with van der Waals surface area (Å²) in [5.74, 6) is -0.498. The standard InChI is InChI=1S/C18H17FN4O2S/c1-22(11-12-5-3-6-13(19)9-12)18(25)14-10-16(23(2)21-14)20-17(24)15-7-4-8-26-15/h3-10H,11H2,1-2H3,(H,20,24). The molecular formula is C18H17FN4O2S. The minimum Gasteiger partial charge on any atom is -0.336 e. The maximum absolute atomic E-state index is 13.3. The van der Waals surface area contributed by atoms with Gasteiger partial charge in [-0.2, -0.15) is 5.10 Å². The predicted molar refractivity (Wildman–Crippen MR) is 97.7 cm³/mol. The van der Waals surface area contributed by atoms with E-state index in [1.165, 1.54) is 39.1 Å². The van der Waals surface area contributed by atoms with Crippen molar-refractivity contribution in [2.24, 2.45) is 7.05 Å². The summed E-state index contributed by atoms with van der Waals surface area (Å²) in [6.45, 7) is 0.254. The van der Waals surface area contributed by atoms with Gasteiger partial charge in [-0.15, -0.1) is 11.3 Å². The highest BCUT2D eigenvalue weighted by atomic mass is 32.1. The fraction of sp³-hybridized carbons (Fsp3) is 0.167. The van der Waals surface area contributed by atoms with Gasteiger partial charge < -0.3 is 10.2 Å². The SMILES string of the molecule is CN(Cc1cccc(F)c1)C(=O)c1cc(NC(=O)c2cccs2)n(C)n1. The molecule has 0 aliphatic rings. The van der Waals surface area contributed by atoms with Crippen molar-refractivity contribution in [3.8, 4) is 0 Å². The van der Waals surface area contributed by atoms with Gasteiger partial charge in [-0.25, -0.2) is 4.39 Å². The van der Waals surface area contributed by atoms with E-state index in [1.54, 1.807) is 38.4 Å². The smallest absolute Gasteiger partial charge is 0.274 e.